The molecular formula is C16H25N3O3S. The minimum Gasteiger partial charge on any atom is -0.450 e. The molecule has 23 heavy (non-hydrogen) atoms. The Balaban J connectivity index is 1.67. The van der Waals surface area contributed by atoms with Gasteiger partial charge in [-0.3, -0.25) is 9.69 Å². The first-order valence-electron chi connectivity index (χ1n) is 8.00. The first-order valence-corrected chi connectivity index (χ1v) is 8.88. The fourth-order valence-corrected chi connectivity index (χ4v) is 3.45. The van der Waals surface area contributed by atoms with Crippen molar-refractivity contribution in [2.45, 2.75) is 32.4 Å². The molecule has 1 N–H and O–H groups in total. The number of carbonyl (C=O) groups is 2. The molecule has 0 spiro atoms. The number of piperidine rings is 1. The van der Waals surface area contributed by atoms with Crippen molar-refractivity contribution in [3.63, 3.8) is 0 Å². The van der Waals surface area contributed by atoms with Gasteiger partial charge in [-0.15, -0.1) is 11.3 Å². The van der Waals surface area contributed by atoms with Crippen LogP contribution in [-0.4, -0.2) is 61.1 Å². The summed E-state index contributed by atoms with van der Waals surface area (Å²) in [6.07, 6.45) is 1.30. The first-order chi connectivity index (χ1) is 11.1. The van der Waals surface area contributed by atoms with Gasteiger partial charge in [0.25, 0.3) is 0 Å². The molecule has 1 fully saturated rings. The lowest BCUT2D eigenvalue weighted by molar-refractivity contribution is -0.123. The topological polar surface area (TPSA) is 61.9 Å². The molecule has 0 bridgehead atoms. The summed E-state index contributed by atoms with van der Waals surface area (Å²) < 4.78 is 4.99. The molecule has 1 saturated heterocycles. The number of amides is 2. The molecule has 1 aliphatic heterocycles. The number of carbonyl (C=O) groups excluding carboxylic acids is 2. The summed E-state index contributed by atoms with van der Waals surface area (Å²) in [4.78, 5) is 28.7. The third-order valence-electron chi connectivity index (χ3n) is 3.81. The zero-order valence-corrected chi connectivity index (χ0v) is 14.6. The van der Waals surface area contributed by atoms with Gasteiger partial charge in [-0.05, 0) is 38.3 Å². The Labute approximate surface area is 141 Å². The minimum atomic E-state index is -0.257. The Hall–Kier alpha value is -1.60. The third kappa shape index (κ3) is 5.84. The summed E-state index contributed by atoms with van der Waals surface area (Å²) in [7, 11) is 1.95. The predicted molar refractivity (Wildman–Crippen MR) is 90.4 cm³/mol. The Morgan fingerprint density at radius 3 is 2.78 bits per heavy atom. The number of nitrogens with zero attached hydrogens (tertiary/aromatic N) is 2. The molecule has 7 heteroatoms. The van der Waals surface area contributed by atoms with Gasteiger partial charge in [0.2, 0.25) is 5.91 Å². The van der Waals surface area contributed by atoms with Crippen molar-refractivity contribution < 1.29 is 14.3 Å². The first kappa shape index (κ1) is 17.7. The van der Waals surface area contributed by atoms with E-state index in [2.05, 4.69) is 11.4 Å². The Kier molecular flexibility index (Phi) is 6.85. The van der Waals surface area contributed by atoms with E-state index in [0.717, 1.165) is 19.4 Å². The molecule has 2 heterocycles. The van der Waals surface area contributed by atoms with Crippen LogP contribution in [0.1, 0.15) is 24.6 Å². The molecule has 2 amide bonds. The highest BCUT2D eigenvalue weighted by atomic mass is 32.1. The second-order valence-electron chi connectivity index (χ2n) is 5.78. The molecule has 0 aliphatic carbocycles. The average molecular weight is 339 g/mol. The van der Waals surface area contributed by atoms with Gasteiger partial charge in [-0.2, -0.15) is 0 Å². The summed E-state index contributed by atoms with van der Waals surface area (Å²) in [6, 6.07) is 4.23. The number of likely N-dealkylation sites (N-methyl/N-ethyl adjacent to an activating group) is 1. The number of nitrogens with one attached hydrogen (secondary N) is 1. The summed E-state index contributed by atoms with van der Waals surface area (Å²) in [5.74, 6) is 0.0404. The highest BCUT2D eigenvalue weighted by Crippen LogP contribution is 2.12. The van der Waals surface area contributed by atoms with E-state index in [0.29, 0.717) is 26.2 Å². The number of hydrogen-bond acceptors (Lipinski definition) is 5. The zero-order chi connectivity index (χ0) is 16.7. The Bertz CT molecular complexity index is 499. The van der Waals surface area contributed by atoms with Crippen LogP contribution in [0.15, 0.2) is 17.5 Å². The lowest BCUT2D eigenvalue weighted by atomic mass is 10.1. The normalized spacial score (nSPS) is 15.7. The van der Waals surface area contributed by atoms with Crippen LogP contribution in [0, 0.1) is 0 Å². The van der Waals surface area contributed by atoms with Crippen molar-refractivity contribution in [3.8, 4) is 0 Å². The van der Waals surface area contributed by atoms with Gasteiger partial charge in [0.05, 0.1) is 13.2 Å². The molecule has 1 aromatic rings. The van der Waals surface area contributed by atoms with Crippen LogP contribution < -0.4 is 5.32 Å². The van der Waals surface area contributed by atoms with Crippen molar-refractivity contribution >= 4 is 23.3 Å². The molecular weight excluding hydrogens is 314 g/mol. The maximum atomic E-state index is 12.1. The summed E-state index contributed by atoms with van der Waals surface area (Å²) >= 11 is 1.70. The molecule has 0 aromatic carbocycles. The predicted octanol–water partition coefficient (Wildman–Crippen LogP) is 1.92. The number of thiophene rings is 1. The molecule has 128 valence electrons. The van der Waals surface area contributed by atoms with E-state index in [1.807, 2.05) is 23.4 Å². The Morgan fingerprint density at radius 2 is 2.17 bits per heavy atom. The second kappa shape index (κ2) is 8.88. The van der Waals surface area contributed by atoms with Gasteiger partial charge in [0, 0.05) is 30.6 Å². The van der Waals surface area contributed by atoms with Crippen molar-refractivity contribution in [1.82, 2.24) is 15.1 Å². The standard InChI is InChI=1S/C16H25N3O3S/c1-3-22-16(21)19-8-6-13(7-9-19)17-15(20)12-18(2)11-14-5-4-10-23-14/h4-5,10,13H,3,6-9,11-12H2,1-2H3,(H,17,20). The molecule has 1 aromatic heterocycles. The average Bonchev–Trinajstić information content (AvgIpc) is 3.00. The number of hydrogen-bond donors (Lipinski definition) is 1. The largest absolute Gasteiger partial charge is 0.450 e. The molecule has 0 saturated carbocycles. The van der Waals surface area contributed by atoms with Gasteiger partial charge < -0.3 is 15.0 Å². The van der Waals surface area contributed by atoms with E-state index in [1.54, 1.807) is 23.2 Å². The maximum Gasteiger partial charge on any atom is 0.409 e. The van der Waals surface area contributed by atoms with Crippen LogP contribution in [0.2, 0.25) is 0 Å². The van der Waals surface area contributed by atoms with Crippen LogP contribution in [0.3, 0.4) is 0 Å². The summed E-state index contributed by atoms with van der Waals surface area (Å²) in [5.41, 5.74) is 0. The van der Waals surface area contributed by atoms with Crippen LogP contribution >= 0.6 is 11.3 Å². The number of likely N-dealkylation sites (tertiary alicyclic amines) is 1. The number of rotatable bonds is 6. The molecule has 0 atom stereocenters. The Morgan fingerprint density at radius 1 is 1.43 bits per heavy atom. The highest BCUT2D eigenvalue weighted by Gasteiger charge is 2.24. The van der Waals surface area contributed by atoms with Crippen LogP contribution in [0.25, 0.3) is 0 Å². The third-order valence-corrected chi connectivity index (χ3v) is 4.67. The van der Waals surface area contributed by atoms with Gasteiger partial charge in [0.1, 0.15) is 0 Å². The van der Waals surface area contributed by atoms with E-state index in [1.165, 1.54) is 4.88 Å². The van der Waals surface area contributed by atoms with E-state index < -0.39 is 0 Å². The lowest BCUT2D eigenvalue weighted by Crippen LogP contribution is -2.48. The smallest absolute Gasteiger partial charge is 0.409 e. The van der Waals surface area contributed by atoms with Gasteiger partial charge in [0.15, 0.2) is 0 Å². The molecule has 0 radical (unpaired) electrons. The summed E-state index contributed by atoms with van der Waals surface area (Å²) in [6.45, 7) is 4.63. The lowest BCUT2D eigenvalue weighted by Gasteiger charge is -2.31. The quantitative estimate of drug-likeness (QED) is 0.860. The van der Waals surface area contributed by atoms with Crippen LogP contribution in [0.4, 0.5) is 4.79 Å². The maximum absolute atomic E-state index is 12.1. The number of ether oxygens (including phenoxy) is 1. The molecule has 0 unspecified atom stereocenters. The van der Waals surface area contributed by atoms with E-state index >= 15 is 0 Å². The minimum absolute atomic E-state index is 0.0404. The van der Waals surface area contributed by atoms with Crippen molar-refractivity contribution in [2.24, 2.45) is 0 Å². The molecule has 6 nitrogen and oxygen atoms in total. The van der Waals surface area contributed by atoms with E-state index in [4.69, 9.17) is 4.74 Å². The zero-order valence-electron chi connectivity index (χ0n) is 13.8. The SMILES string of the molecule is CCOC(=O)N1CCC(NC(=O)CN(C)Cc2cccs2)CC1. The van der Waals surface area contributed by atoms with Crippen LogP contribution in [-0.2, 0) is 16.1 Å². The summed E-state index contributed by atoms with van der Waals surface area (Å²) in [5, 5.41) is 5.11. The highest BCUT2D eigenvalue weighted by molar-refractivity contribution is 7.09. The second-order valence-corrected chi connectivity index (χ2v) is 6.81. The van der Waals surface area contributed by atoms with Crippen molar-refractivity contribution in [3.05, 3.63) is 22.4 Å². The van der Waals surface area contributed by atoms with Gasteiger partial charge in [-0.1, -0.05) is 6.07 Å². The fourth-order valence-electron chi connectivity index (χ4n) is 2.66. The molecule has 1 aliphatic rings. The monoisotopic (exact) mass is 339 g/mol. The van der Waals surface area contributed by atoms with E-state index in [-0.39, 0.29) is 18.0 Å². The van der Waals surface area contributed by atoms with Crippen molar-refractivity contribution in [1.29, 1.82) is 0 Å². The van der Waals surface area contributed by atoms with Gasteiger partial charge >= 0.3 is 6.09 Å². The fraction of sp³-hybridized carbons (Fsp3) is 0.625. The van der Waals surface area contributed by atoms with Gasteiger partial charge in [-0.25, -0.2) is 4.79 Å². The van der Waals surface area contributed by atoms with E-state index in [9.17, 15) is 9.59 Å². The molecule has 2 rings (SSSR count). The van der Waals surface area contributed by atoms with Crippen LogP contribution in [0.5, 0.6) is 0 Å². The van der Waals surface area contributed by atoms with Crippen molar-refractivity contribution in [2.75, 3.05) is 33.3 Å².